The van der Waals surface area contributed by atoms with Crippen molar-refractivity contribution in [2.75, 3.05) is 0 Å². The van der Waals surface area contributed by atoms with Crippen LogP contribution in [0.5, 0.6) is 0 Å². The second-order valence-electron chi connectivity index (χ2n) is 25.6. The second kappa shape index (κ2) is 28.9. The molecule has 0 fully saturated rings. The maximum Gasteiger partial charge on any atom is 0.489 e. The fourth-order valence-corrected chi connectivity index (χ4v) is 15.6. The smallest absolute Gasteiger partial charge is 0.423 e. The van der Waals surface area contributed by atoms with E-state index in [-0.39, 0.29) is 12.9 Å². The van der Waals surface area contributed by atoms with Crippen LogP contribution in [0.3, 0.4) is 0 Å². The molecule has 6 heterocycles. The van der Waals surface area contributed by atoms with Gasteiger partial charge in [-0.05, 0) is 164 Å². The van der Waals surface area contributed by atoms with Gasteiger partial charge in [0, 0.05) is 100 Å². The second-order valence-corrected chi connectivity index (χ2v) is 26.5. The minimum Gasteiger partial charge on any atom is -0.423 e. The molecule has 0 bridgehead atoms. The molecule has 0 aliphatic rings. The van der Waals surface area contributed by atoms with Crippen LogP contribution in [0.15, 0.2) is 369 Å². The molecule has 20 rings (SSSR count). The van der Waals surface area contributed by atoms with Crippen LogP contribution in [0.25, 0.3) is 166 Å². The highest BCUT2D eigenvalue weighted by molar-refractivity contribution is 9.10. The van der Waals surface area contributed by atoms with Crippen molar-refractivity contribution < 1.29 is 15.5 Å². The van der Waals surface area contributed by atoms with Crippen LogP contribution < -0.4 is 5.46 Å². The number of hydrogen-bond donors (Lipinski definition) is 2. The minimum atomic E-state index is -1.50. The average molecular weight is 1440 g/mol. The molecule has 14 aromatic carbocycles. The van der Waals surface area contributed by atoms with E-state index < -0.39 is 7.12 Å². The maximum absolute atomic E-state index is 9.48. The van der Waals surface area contributed by atoms with E-state index in [1.54, 1.807) is 43.0 Å². The van der Waals surface area contributed by atoms with Crippen molar-refractivity contribution in [2.45, 2.75) is 7.43 Å². The van der Waals surface area contributed by atoms with Crippen molar-refractivity contribution in [2.24, 2.45) is 0 Å². The van der Waals surface area contributed by atoms with Crippen LogP contribution in [0.2, 0.25) is 0 Å². The monoisotopic (exact) mass is 1430 g/mol. The van der Waals surface area contributed by atoms with Gasteiger partial charge in [-0.1, -0.05) is 232 Å². The molecule has 0 radical (unpaired) electrons. The Hall–Kier alpha value is -13.1. The summed E-state index contributed by atoms with van der Waals surface area (Å²) in [5.74, 6) is 1.36. The predicted molar refractivity (Wildman–Crippen MR) is 443 cm³/mol. The molecule has 0 aliphatic heterocycles. The molecule has 0 spiro atoms. The Balaban J connectivity index is 0.000000132. The summed E-state index contributed by atoms with van der Waals surface area (Å²) in [6.45, 7) is 0. The summed E-state index contributed by atoms with van der Waals surface area (Å²) in [5.41, 5.74) is 22.9. The number of hydrogen-bond acceptors (Lipinski definition) is 6. The first-order valence-electron chi connectivity index (χ1n) is 34.6. The van der Waals surface area contributed by atoms with Crippen molar-refractivity contribution >= 4 is 116 Å². The van der Waals surface area contributed by atoms with Crippen LogP contribution in [-0.2, 0) is 0 Å². The van der Waals surface area contributed by atoms with E-state index >= 15 is 0 Å². The average Bonchev–Trinajstić information content (AvgIpc) is 1.55. The van der Waals surface area contributed by atoms with E-state index in [0.717, 1.165) is 60.7 Å². The first kappa shape index (κ1) is 67.4. The highest BCUT2D eigenvalue weighted by Gasteiger charge is 2.23. The van der Waals surface area contributed by atoms with Gasteiger partial charge in [-0.25, -0.2) is 19.9 Å². The lowest BCUT2D eigenvalue weighted by molar-refractivity contribution is 0.426. The molecule has 508 valence electrons. The molecule has 0 saturated carbocycles. The van der Waals surface area contributed by atoms with E-state index in [2.05, 4.69) is 333 Å². The Bertz CT molecular complexity index is 6540. The summed E-state index contributed by atoms with van der Waals surface area (Å²) in [5, 5.41) is 29.0. The summed E-state index contributed by atoms with van der Waals surface area (Å²) in [6.07, 6.45) is 6.97. The summed E-state index contributed by atoms with van der Waals surface area (Å²) < 4.78 is 10.6. The Morgan fingerprint density at radius 3 is 1.02 bits per heavy atom. The highest BCUT2D eigenvalue weighted by Crippen LogP contribution is 2.43. The quantitative estimate of drug-likeness (QED) is 0.131. The predicted octanol–water partition coefficient (Wildman–Crippen LogP) is 21.6. The molecule has 0 unspecified atom stereocenters. The number of halogens is 1. The number of rotatable bonds is 10. The molecule has 13 heteroatoms. The van der Waals surface area contributed by atoms with E-state index in [0.29, 0.717) is 11.3 Å². The summed E-state index contributed by atoms with van der Waals surface area (Å²) >= 11 is 3.76. The van der Waals surface area contributed by atoms with Gasteiger partial charge in [0.05, 0.1) is 55.5 Å². The van der Waals surface area contributed by atoms with Gasteiger partial charge in [-0.3, -0.25) is 0 Å². The van der Waals surface area contributed by atoms with Gasteiger partial charge >= 0.3 is 7.12 Å². The molecule has 0 atom stereocenters. The standard InChI is InChI=1S/C46H30N4.C30H19BrN2.C16H13BN2O2.CH4.H2O/c1-2-16-35(34(15-1)31-13-11-14-32(29-31)46-47-27-12-28-48-46)36-17-3-9-23-43(36)50-44-24-10-6-20-39(44)40-30-33(25-26-45(40)50)49-41-21-7-4-18-37(41)38-19-5-8-22-42(38)49;31-25-12-4-8-16-30(25)33-28-15-7-3-11-23(28)24-19-20(17-18-29(24)33)32-26-13-5-1-9-21(26)22-10-2-6-14-27(22)32;20-17(21)15-8-2-1-7-14(15)12-5-3-6-13(11-12)16-18-9-4-10-19-16;;/h1-30H;1-19H;1-11,20-21H;1H4;1H2. The largest absolute Gasteiger partial charge is 0.489 e. The fraction of sp³-hybridized carbons (Fsp3) is 0.0108. The zero-order chi connectivity index (χ0) is 69.6. The van der Waals surface area contributed by atoms with Crippen LogP contribution in [-0.4, -0.2) is 60.8 Å². The van der Waals surface area contributed by atoms with Gasteiger partial charge in [0.1, 0.15) is 0 Å². The summed E-state index contributed by atoms with van der Waals surface area (Å²) in [7, 11) is -1.50. The fourth-order valence-electron chi connectivity index (χ4n) is 15.2. The summed E-state index contributed by atoms with van der Waals surface area (Å²) in [6, 6.07) is 119. The number of para-hydroxylation sites is 8. The molecule has 0 saturated heterocycles. The molecule has 0 amide bonds. The van der Waals surface area contributed by atoms with Crippen molar-refractivity contribution in [3.63, 3.8) is 0 Å². The Morgan fingerprint density at radius 1 is 0.255 bits per heavy atom. The van der Waals surface area contributed by atoms with Crippen LogP contribution in [0.4, 0.5) is 0 Å². The van der Waals surface area contributed by atoms with E-state index in [1.165, 1.54) is 104 Å². The van der Waals surface area contributed by atoms with Gasteiger partial charge in [0.15, 0.2) is 11.6 Å². The first-order valence-corrected chi connectivity index (χ1v) is 35.4. The Labute approximate surface area is 620 Å². The van der Waals surface area contributed by atoms with E-state index in [1.807, 2.05) is 42.5 Å². The highest BCUT2D eigenvalue weighted by atomic mass is 79.9. The first-order chi connectivity index (χ1) is 51.4. The van der Waals surface area contributed by atoms with Crippen molar-refractivity contribution in [1.82, 2.24) is 38.2 Å². The molecule has 0 aliphatic carbocycles. The van der Waals surface area contributed by atoms with Crippen molar-refractivity contribution in [3.8, 4) is 78.9 Å². The lowest BCUT2D eigenvalue weighted by atomic mass is 9.75. The lowest BCUT2D eigenvalue weighted by Crippen LogP contribution is -2.31. The van der Waals surface area contributed by atoms with E-state index in [4.69, 9.17) is 0 Å². The van der Waals surface area contributed by atoms with Crippen molar-refractivity contribution in [3.05, 3.63) is 369 Å². The van der Waals surface area contributed by atoms with Gasteiger partial charge in [-0.15, -0.1) is 0 Å². The Morgan fingerprint density at radius 2 is 0.575 bits per heavy atom. The third-order valence-corrected chi connectivity index (χ3v) is 20.3. The van der Waals surface area contributed by atoms with Crippen LogP contribution >= 0.6 is 15.9 Å². The molecule has 20 aromatic rings. The molecule has 4 N–H and O–H groups in total. The summed E-state index contributed by atoms with van der Waals surface area (Å²) in [4.78, 5) is 17.5. The topological polar surface area (TPSA) is 143 Å². The van der Waals surface area contributed by atoms with Gasteiger partial charge in [-0.2, -0.15) is 0 Å². The number of benzene rings is 14. The molecule has 11 nitrogen and oxygen atoms in total. The maximum atomic E-state index is 9.48. The number of fused-ring (bicyclic) bond motifs is 12. The van der Waals surface area contributed by atoms with Crippen molar-refractivity contribution in [1.29, 1.82) is 0 Å². The SMILES string of the molecule is Brc1ccccc1-n1c2ccccc2c2cc(-n3c4ccccc4c4ccccc43)ccc21.C.O.OB(O)c1ccccc1-c1cccc(-c2ncccn2)c1.c1cnc(-c2cccc(-c3ccccc3-c3ccccc3-n3c4ccccc4c4cc(-n5c6ccccc6c6ccccc65)ccc43)c2)nc1. The Kier molecular flexibility index (Phi) is 18.4. The third kappa shape index (κ3) is 12.0. The zero-order valence-electron chi connectivity index (χ0n) is 56.6. The molecule has 106 heavy (non-hydrogen) atoms. The zero-order valence-corrected chi connectivity index (χ0v) is 58.2. The number of nitrogens with zero attached hydrogens (tertiary/aromatic N) is 8. The van der Waals surface area contributed by atoms with E-state index in [9.17, 15) is 10.0 Å². The lowest BCUT2D eigenvalue weighted by Gasteiger charge is -2.17. The van der Waals surface area contributed by atoms with Crippen LogP contribution in [0, 0.1) is 0 Å². The molecular weight excluding hydrogens is 1370 g/mol. The van der Waals surface area contributed by atoms with Gasteiger partial charge in [0.2, 0.25) is 0 Å². The third-order valence-electron chi connectivity index (χ3n) is 19.7. The molecule has 6 aromatic heterocycles. The van der Waals surface area contributed by atoms with Gasteiger partial charge in [0.25, 0.3) is 0 Å². The van der Waals surface area contributed by atoms with Gasteiger partial charge < -0.3 is 33.8 Å². The number of aromatic nitrogens is 8. The molecular formula is C93H68BBrN8O3. The normalized spacial score (nSPS) is 11.2. The minimum absolute atomic E-state index is 0. The van der Waals surface area contributed by atoms with Crippen LogP contribution in [0.1, 0.15) is 7.43 Å².